The lowest BCUT2D eigenvalue weighted by molar-refractivity contribution is -0.150. The molecular formula is C67H79FN12O8. The van der Waals surface area contributed by atoms with E-state index >= 15 is 9.18 Å². The number of fused-ring (bicyclic) bond motifs is 4. The number of nitrogens with one attached hydrogen (secondary N) is 3. The smallest absolute Gasteiger partial charge is 0.262 e. The molecule has 1 saturated carbocycles. The summed E-state index contributed by atoms with van der Waals surface area (Å²) in [4.78, 5) is 131. The van der Waals surface area contributed by atoms with Crippen molar-refractivity contribution in [2.45, 2.75) is 161 Å². The fraction of sp³-hybridized carbons (Fsp3) is 0.522. The van der Waals surface area contributed by atoms with Crippen LogP contribution in [0.2, 0.25) is 0 Å². The number of piperidine rings is 5. The second-order valence-electron chi connectivity index (χ2n) is 26.9. The van der Waals surface area contributed by atoms with Crippen LogP contribution in [0.5, 0.6) is 0 Å². The van der Waals surface area contributed by atoms with Crippen LogP contribution in [0.25, 0.3) is 22.3 Å². The number of anilines is 4. The van der Waals surface area contributed by atoms with Crippen LogP contribution in [0.15, 0.2) is 60.9 Å². The number of carbonyl (C=O) groups is 8. The lowest BCUT2D eigenvalue weighted by Crippen LogP contribution is -2.59. The van der Waals surface area contributed by atoms with Gasteiger partial charge < -0.3 is 39.7 Å². The molecule has 5 saturated heterocycles. The van der Waals surface area contributed by atoms with Crippen molar-refractivity contribution < 1.29 is 42.7 Å². The van der Waals surface area contributed by atoms with Crippen LogP contribution in [0.1, 0.15) is 166 Å². The second kappa shape index (κ2) is 22.8. The number of pyridine rings is 1. The van der Waals surface area contributed by atoms with Gasteiger partial charge in [-0.1, -0.05) is 25.5 Å². The highest BCUT2D eigenvalue weighted by atomic mass is 19.1. The number of benzene rings is 3. The van der Waals surface area contributed by atoms with E-state index < -0.39 is 46.3 Å². The highest BCUT2D eigenvalue weighted by molar-refractivity contribution is 6.24. The van der Waals surface area contributed by atoms with Gasteiger partial charge in [0.1, 0.15) is 17.4 Å². The van der Waals surface area contributed by atoms with Gasteiger partial charge in [-0.25, -0.2) is 14.4 Å². The summed E-state index contributed by atoms with van der Waals surface area (Å²) in [6.07, 6.45) is 10.5. The largest absolute Gasteiger partial charge is 0.371 e. The fourth-order valence-electron chi connectivity index (χ4n) is 15.3. The number of hydrogen-bond acceptors (Lipinski definition) is 13. The predicted octanol–water partition coefficient (Wildman–Crippen LogP) is 8.18. The molecule has 9 heterocycles. The first-order valence-corrected chi connectivity index (χ1v) is 31.9. The molecule has 1 unspecified atom stereocenters. The molecule has 20 nitrogen and oxygen atoms in total. The number of rotatable bonds is 12. The van der Waals surface area contributed by atoms with Crippen molar-refractivity contribution in [2.24, 2.45) is 11.3 Å². The van der Waals surface area contributed by atoms with Crippen LogP contribution in [-0.2, 0) is 29.4 Å². The van der Waals surface area contributed by atoms with Gasteiger partial charge in [-0.3, -0.25) is 48.6 Å². The first-order valence-electron chi connectivity index (χ1n) is 31.9. The molecule has 2 aromatic heterocycles. The Morgan fingerprint density at radius 2 is 1.45 bits per heavy atom. The summed E-state index contributed by atoms with van der Waals surface area (Å²) in [5, 5.41) is 8.44. The van der Waals surface area contributed by atoms with Crippen molar-refractivity contribution >= 4 is 81.2 Å². The minimum absolute atomic E-state index is 0.000286. The van der Waals surface area contributed by atoms with Crippen molar-refractivity contribution in [1.82, 2.24) is 44.8 Å². The Labute approximate surface area is 511 Å². The number of carbonyl (C=O) groups excluding carboxylic acids is 8. The quantitative estimate of drug-likeness (QED) is 0.100. The minimum Gasteiger partial charge on any atom is -0.371 e. The topological polar surface area (TPSA) is 223 Å². The molecule has 21 heteroatoms. The summed E-state index contributed by atoms with van der Waals surface area (Å²) >= 11 is 0. The number of imide groups is 2. The zero-order valence-corrected chi connectivity index (χ0v) is 51.3. The first kappa shape index (κ1) is 58.9. The predicted molar refractivity (Wildman–Crippen MR) is 330 cm³/mol. The third-order valence-corrected chi connectivity index (χ3v) is 20.6. The van der Waals surface area contributed by atoms with Gasteiger partial charge in [0.2, 0.25) is 29.5 Å². The van der Waals surface area contributed by atoms with Crippen molar-refractivity contribution in [3.63, 3.8) is 0 Å². The standard InChI is InChI=1S/C67H79FN12O8/c1-38(2)70-59(82)47-35-52(50(68)30-40(47)5)72-58-57-53(69-37-78(57)39(3)4)36-51(71-58)42-10-13-49-55(31-42)79(45-32-44(33-45)74-22-8-7-9-23-74)65(88)67(49)20-28-77(29-21-67)64(87)66(6)18-26-76(27-19-66)61(84)41-16-24-75(25-17-41)43-11-12-46-48(34-43)63(86)80(62(46)85)54-14-15-56(81)73-60(54)83/h10-13,30-31,34-39,41,44-45,54H,7-9,14-29,32-33H2,1-6H3,(H,70,82)(H,71,72)(H,73,81,83). The van der Waals surface area contributed by atoms with Gasteiger partial charge in [-0.05, 0) is 172 Å². The molecule has 1 atom stereocenters. The van der Waals surface area contributed by atoms with E-state index in [0.29, 0.717) is 118 Å². The number of hydrogen-bond donors (Lipinski definition) is 3. The molecule has 6 fully saturated rings. The molecule has 0 radical (unpaired) electrons. The van der Waals surface area contributed by atoms with Crippen molar-refractivity contribution in [3.8, 4) is 11.3 Å². The Balaban J connectivity index is 0.690. The van der Waals surface area contributed by atoms with E-state index in [-0.39, 0.29) is 77.3 Å². The summed E-state index contributed by atoms with van der Waals surface area (Å²) < 4.78 is 18.0. The molecular weight excluding hydrogens is 1120 g/mol. The number of imidazole rings is 1. The van der Waals surface area contributed by atoms with Gasteiger partial charge in [0, 0.05) is 104 Å². The Morgan fingerprint density at radius 3 is 2.15 bits per heavy atom. The first-order chi connectivity index (χ1) is 42.2. The SMILES string of the molecule is Cc1cc(F)c(Nc2nc(-c3ccc4c(c3)N(C3CC(N5CCCCC5)C3)C(=O)C43CCN(C(=O)C4(C)CCN(C(=O)C5CCN(c6ccc7c(c6)C(=O)N(C6CCC(=O)NC6=O)C7=O)CC5)CC4)CC3)cc3ncn(C(C)C)c23)cc1C(=O)NC(C)C. The molecule has 8 amide bonds. The highest BCUT2D eigenvalue weighted by Crippen LogP contribution is 2.53. The molecule has 88 heavy (non-hydrogen) atoms. The fourth-order valence-corrected chi connectivity index (χ4v) is 15.3. The third kappa shape index (κ3) is 10.3. The van der Waals surface area contributed by atoms with Crippen LogP contribution >= 0.6 is 0 Å². The molecule has 1 aliphatic carbocycles. The normalized spacial score (nSPS) is 23.1. The van der Waals surface area contributed by atoms with Crippen LogP contribution in [-0.4, -0.2) is 158 Å². The number of nitrogens with zero attached hydrogens (tertiary/aromatic N) is 9. The highest BCUT2D eigenvalue weighted by Gasteiger charge is 2.57. The van der Waals surface area contributed by atoms with Gasteiger partial charge in [-0.15, -0.1) is 0 Å². The van der Waals surface area contributed by atoms with Crippen LogP contribution in [0, 0.1) is 24.1 Å². The van der Waals surface area contributed by atoms with Crippen LogP contribution in [0.4, 0.5) is 27.3 Å². The molecule has 13 rings (SSSR count). The summed E-state index contributed by atoms with van der Waals surface area (Å²) in [7, 11) is 0. The Hall–Kier alpha value is -8.07. The zero-order valence-electron chi connectivity index (χ0n) is 51.3. The maximum atomic E-state index is 16.0. The monoisotopic (exact) mass is 1200 g/mol. The Kier molecular flexibility index (Phi) is 15.3. The van der Waals surface area contributed by atoms with E-state index in [4.69, 9.17) is 9.97 Å². The lowest BCUT2D eigenvalue weighted by Gasteiger charge is -2.48. The maximum Gasteiger partial charge on any atom is 0.262 e. The van der Waals surface area contributed by atoms with Gasteiger partial charge >= 0.3 is 0 Å². The Morgan fingerprint density at radius 1 is 0.750 bits per heavy atom. The molecule has 5 aromatic rings. The maximum absolute atomic E-state index is 16.0. The molecule has 3 N–H and O–H groups in total. The lowest BCUT2D eigenvalue weighted by atomic mass is 9.72. The van der Waals surface area contributed by atoms with E-state index in [1.54, 1.807) is 31.5 Å². The number of likely N-dealkylation sites (tertiary alicyclic amines) is 3. The van der Waals surface area contributed by atoms with Gasteiger partial charge in [0.25, 0.3) is 17.7 Å². The van der Waals surface area contributed by atoms with Crippen molar-refractivity contribution in [2.75, 3.05) is 67.5 Å². The third-order valence-electron chi connectivity index (χ3n) is 20.6. The van der Waals surface area contributed by atoms with E-state index in [2.05, 4.69) is 42.8 Å². The molecule has 3 aromatic carbocycles. The van der Waals surface area contributed by atoms with E-state index in [1.165, 1.54) is 31.4 Å². The summed E-state index contributed by atoms with van der Waals surface area (Å²) in [5.74, 6) is -2.61. The summed E-state index contributed by atoms with van der Waals surface area (Å²) in [6, 6.07) is 15.4. The average molecular weight is 1200 g/mol. The number of aromatic nitrogens is 3. The van der Waals surface area contributed by atoms with E-state index in [0.717, 1.165) is 53.3 Å². The summed E-state index contributed by atoms with van der Waals surface area (Å²) in [6.45, 7) is 16.7. The van der Waals surface area contributed by atoms with Gasteiger partial charge in [0.05, 0.1) is 39.8 Å². The number of halogens is 1. The average Bonchev–Trinajstić information content (AvgIpc) is 1.58. The van der Waals surface area contributed by atoms with E-state index in [9.17, 15) is 33.6 Å². The van der Waals surface area contributed by atoms with Crippen molar-refractivity contribution in [1.29, 1.82) is 0 Å². The Bertz CT molecular complexity index is 3710. The van der Waals surface area contributed by atoms with Crippen molar-refractivity contribution in [3.05, 3.63) is 94.6 Å². The zero-order chi connectivity index (χ0) is 61.7. The second-order valence-corrected chi connectivity index (χ2v) is 26.9. The molecule has 8 aliphatic rings. The van der Waals surface area contributed by atoms with Crippen LogP contribution in [0.3, 0.4) is 0 Å². The molecule has 462 valence electrons. The van der Waals surface area contributed by atoms with Gasteiger partial charge in [0.15, 0.2) is 5.82 Å². The van der Waals surface area contributed by atoms with Crippen LogP contribution < -0.4 is 25.8 Å². The molecule has 7 aliphatic heterocycles. The van der Waals surface area contributed by atoms with Gasteiger partial charge in [-0.2, -0.15) is 0 Å². The number of amides is 8. The molecule has 0 bridgehead atoms. The summed E-state index contributed by atoms with van der Waals surface area (Å²) in [5.41, 5.74) is 5.19. The molecule has 1 spiro atoms. The number of aryl methyl sites for hydroxylation is 1. The minimum atomic E-state index is -1.04. The van der Waals surface area contributed by atoms with E-state index in [1.807, 2.05) is 61.1 Å².